The van der Waals surface area contributed by atoms with Gasteiger partial charge in [-0.25, -0.2) is 4.98 Å². The van der Waals surface area contributed by atoms with Gasteiger partial charge in [0, 0.05) is 25.6 Å². The van der Waals surface area contributed by atoms with E-state index in [0.717, 1.165) is 41.7 Å². The van der Waals surface area contributed by atoms with Gasteiger partial charge in [0.15, 0.2) is 0 Å². The third-order valence-corrected chi connectivity index (χ3v) is 5.16. The molecule has 1 N–H and O–H groups in total. The molecule has 0 saturated carbocycles. The van der Waals surface area contributed by atoms with Gasteiger partial charge in [-0.3, -0.25) is 4.90 Å². The molecule has 0 amide bonds. The number of aromatic nitrogens is 2. The van der Waals surface area contributed by atoms with Crippen molar-refractivity contribution < 1.29 is 0 Å². The molecule has 1 fully saturated rings. The lowest BCUT2D eigenvalue weighted by molar-refractivity contribution is 0.0821. The van der Waals surface area contributed by atoms with Crippen LogP contribution in [0.15, 0.2) is 36.4 Å². The normalized spacial score (nSPS) is 28.5. The number of benzene rings is 1. The van der Waals surface area contributed by atoms with Gasteiger partial charge < -0.3 is 4.98 Å². The Morgan fingerprint density at radius 1 is 1.29 bits per heavy atom. The van der Waals surface area contributed by atoms with E-state index in [-0.39, 0.29) is 0 Å². The molecule has 1 aromatic carbocycles. The van der Waals surface area contributed by atoms with E-state index in [1.54, 1.807) is 0 Å². The molecule has 2 aliphatic heterocycles. The van der Waals surface area contributed by atoms with Crippen molar-refractivity contribution in [2.45, 2.75) is 32.2 Å². The zero-order valence-electron chi connectivity index (χ0n) is 12.6. The number of hydrogen-bond acceptors (Lipinski definition) is 2. The number of aromatic amines is 1. The zero-order chi connectivity index (χ0) is 14.2. The number of nitrogens with one attached hydrogen (secondary N) is 1. The summed E-state index contributed by atoms with van der Waals surface area (Å²) >= 11 is 0. The molecule has 1 aromatic heterocycles. The number of fused-ring (bicyclic) bond motifs is 3. The van der Waals surface area contributed by atoms with Crippen LogP contribution in [0.25, 0.3) is 11.0 Å². The summed E-state index contributed by atoms with van der Waals surface area (Å²) < 4.78 is 0. The van der Waals surface area contributed by atoms with Gasteiger partial charge in [0.2, 0.25) is 0 Å². The van der Waals surface area contributed by atoms with E-state index in [0.29, 0.717) is 6.04 Å². The lowest BCUT2D eigenvalue weighted by atomic mass is 9.76. The van der Waals surface area contributed by atoms with E-state index in [1.165, 1.54) is 19.4 Å². The quantitative estimate of drug-likeness (QED) is 0.871. The summed E-state index contributed by atoms with van der Waals surface area (Å²) in [6.07, 6.45) is 8.59. The molecule has 3 heterocycles. The average Bonchev–Trinajstić information content (AvgIpc) is 2.96. The van der Waals surface area contributed by atoms with Crippen LogP contribution in [0.1, 0.15) is 25.6 Å². The van der Waals surface area contributed by atoms with E-state index in [1.807, 2.05) is 6.07 Å². The van der Waals surface area contributed by atoms with Crippen LogP contribution in [0.3, 0.4) is 0 Å². The van der Waals surface area contributed by atoms with Gasteiger partial charge in [0.25, 0.3) is 0 Å². The molecule has 5 rings (SSSR count). The highest BCUT2D eigenvalue weighted by Gasteiger charge is 2.35. The highest BCUT2D eigenvalue weighted by atomic mass is 15.2. The monoisotopic (exact) mass is 281 g/mol. The topological polar surface area (TPSA) is 31.9 Å². The minimum Gasteiger partial charge on any atom is -0.342 e. The van der Waals surface area contributed by atoms with Crippen LogP contribution in [-0.4, -0.2) is 34.0 Å². The van der Waals surface area contributed by atoms with Crippen molar-refractivity contribution in [2.24, 2.45) is 11.8 Å². The highest BCUT2D eigenvalue weighted by molar-refractivity contribution is 5.74. The largest absolute Gasteiger partial charge is 0.342 e. The van der Waals surface area contributed by atoms with Crippen molar-refractivity contribution in [3.63, 3.8) is 0 Å². The van der Waals surface area contributed by atoms with Gasteiger partial charge in [-0.2, -0.15) is 0 Å². The van der Waals surface area contributed by atoms with Gasteiger partial charge in [-0.1, -0.05) is 37.6 Å². The van der Waals surface area contributed by atoms with E-state index in [2.05, 4.69) is 47.2 Å². The van der Waals surface area contributed by atoms with Crippen LogP contribution >= 0.6 is 0 Å². The molecule has 3 atom stereocenters. The molecule has 3 nitrogen and oxygen atoms in total. The number of H-pyrrole nitrogens is 1. The standard InChI is InChI=1S/C18H23N3/c1-2-14-11-13-7-8-17(14)21(12-13)10-9-18-19-15-5-3-4-6-16(15)20-18/h3-8,13-14,17H,2,9-12H2,1H3,(H,19,20). The first-order valence-electron chi connectivity index (χ1n) is 8.19. The first-order chi connectivity index (χ1) is 10.3. The van der Waals surface area contributed by atoms with Crippen LogP contribution in [0.2, 0.25) is 0 Å². The molecule has 0 radical (unpaired) electrons. The number of hydrogen-bond donors (Lipinski definition) is 1. The summed E-state index contributed by atoms with van der Waals surface area (Å²) in [5.41, 5.74) is 2.23. The lowest BCUT2D eigenvalue weighted by Gasteiger charge is -2.46. The fraction of sp³-hybridized carbons (Fsp3) is 0.500. The predicted molar refractivity (Wildman–Crippen MR) is 86.2 cm³/mol. The Hall–Kier alpha value is -1.61. The molecule has 0 spiro atoms. The van der Waals surface area contributed by atoms with Crippen molar-refractivity contribution in [1.82, 2.24) is 14.9 Å². The summed E-state index contributed by atoms with van der Waals surface area (Å²) in [7, 11) is 0. The van der Waals surface area contributed by atoms with Crippen LogP contribution in [0.5, 0.6) is 0 Å². The molecule has 3 heteroatoms. The molecule has 1 aliphatic carbocycles. The predicted octanol–water partition coefficient (Wildman–Crippen LogP) is 3.39. The van der Waals surface area contributed by atoms with Crippen LogP contribution in [-0.2, 0) is 6.42 Å². The number of piperidine rings is 1. The second-order valence-corrected chi connectivity index (χ2v) is 6.49. The second-order valence-electron chi connectivity index (χ2n) is 6.49. The minimum absolute atomic E-state index is 0.657. The van der Waals surface area contributed by atoms with Crippen LogP contribution in [0.4, 0.5) is 0 Å². The zero-order valence-corrected chi connectivity index (χ0v) is 12.6. The molecular formula is C18H23N3. The number of rotatable bonds is 4. The summed E-state index contributed by atoms with van der Waals surface area (Å²) in [6, 6.07) is 8.94. The van der Waals surface area contributed by atoms with Crippen molar-refractivity contribution >= 4 is 11.0 Å². The summed E-state index contributed by atoms with van der Waals surface area (Å²) in [5, 5.41) is 0. The number of para-hydroxylation sites is 2. The van der Waals surface area contributed by atoms with Gasteiger partial charge in [0.05, 0.1) is 11.0 Å². The Kier molecular flexibility index (Phi) is 3.30. The highest BCUT2D eigenvalue weighted by Crippen LogP contribution is 2.35. The molecule has 2 aromatic rings. The molecule has 3 unspecified atom stereocenters. The molecule has 1 saturated heterocycles. The molecule has 110 valence electrons. The SMILES string of the molecule is CCC1CC2C=CC1N(CCc1nc3ccccc3[nH]1)C2. The Labute approximate surface area is 126 Å². The summed E-state index contributed by atoms with van der Waals surface area (Å²) in [5.74, 6) is 2.75. The summed E-state index contributed by atoms with van der Waals surface area (Å²) in [4.78, 5) is 10.8. The smallest absolute Gasteiger partial charge is 0.108 e. The van der Waals surface area contributed by atoms with Gasteiger partial charge in [-0.15, -0.1) is 0 Å². The van der Waals surface area contributed by atoms with Gasteiger partial charge >= 0.3 is 0 Å². The van der Waals surface area contributed by atoms with Gasteiger partial charge in [0.1, 0.15) is 5.82 Å². The third-order valence-electron chi connectivity index (χ3n) is 5.16. The molecule has 21 heavy (non-hydrogen) atoms. The lowest BCUT2D eigenvalue weighted by Crippen LogP contribution is -2.50. The Morgan fingerprint density at radius 2 is 2.19 bits per heavy atom. The Morgan fingerprint density at radius 3 is 3.00 bits per heavy atom. The van der Waals surface area contributed by atoms with Crippen molar-refractivity contribution in [3.05, 3.63) is 42.2 Å². The van der Waals surface area contributed by atoms with Crippen molar-refractivity contribution in [2.75, 3.05) is 13.1 Å². The first kappa shape index (κ1) is 13.1. The van der Waals surface area contributed by atoms with E-state index in [9.17, 15) is 0 Å². The number of imidazole rings is 1. The first-order valence-corrected chi connectivity index (χ1v) is 8.19. The van der Waals surface area contributed by atoms with Crippen molar-refractivity contribution in [1.29, 1.82) is 0 Å². The van der Waals surface area contributed by atoms with Gasteiger partial charge in [-0.05, 0) is 30.4 Å². The van der Waals surface area contributed by atoms with Crippen LogP contribution in [0, 0.1) is 11.8 Å². The maximum Gasteiger partial charge on any atom is 0.108 e. The Bertz CT molecular complexity index is 624. The Balaban J connectivity index is 1.46. The average molecular weight is 281 g/mol. The third kappa shape index (κ3) is 2.40. The van der Waals surface area contributed by atoms with E-state index < -0.39 is 0 Å². The van der Waals surface area contributed by atoms with E-state index >= 15 is 0 Å². The van der Waals surface area contributed by atoms with E-state index in [4.69, 9.17) is 4.98 Å². The maximum atomic E-state index is 4.70. The summed E-state index contributed by atoms with van der Waals surface area (Å²) in [6.45, 7) is 4.68. The van der Waals surface area contributed by atoms with Crippen LogP contribution < -0.4 is 0 Å². The second kappa shape index (κ2) is 5.30. The fourth-order valence-electron chi connectivity index (χ4n) is 4.04. The molecule has 2 bridgehead atoms. The molecule has 3 aliphatic rings. The van der Waals surface area contributed by atoms with Crippen molar-refractivity contribution in [3.8, 4) is 0 Å². The molecular weight excluding hydrogens is 258 g/mol. The fourth-order valence-corrected chi connectivity index (χ4v) is 4.04. The number of nitrogens with zero attached hydrogens (tertiary/aromatic N) is 2. The maximum absolute atomic E-state index is 4.70. The minimum atomic E-state index is 0.657.